The Morgan fingerprint density at radius 3 is 3.00 bits per heavy atom. The minimum Gasteiger partial charge on any atom is -0.330 e. The summed E-state index contributed by atoms with van der Waals surface area (Å²) in [6, 6.07) is 8.00. The zero-order valence-corrected chi connectivity index (χ0v) is 13.0. The normalized spacial score (nSPS) is 17.8. The molecule has 0 bridgehead atoms. The van der Waals surface area contributed by atoms with Crippen molar-refractivity contribution in [1.82, 2.24) is 19.3 Å². The standard InChI is InChI=1S/C18H18N4O/c1-13-6-7-17-20-15(12-21(17)11-13)18(23)22-9-3-5-16(22)14-4-2-8-19-10-14/h2,4,6-8,10-12,16H,3,5,9H2,1H3/t16-/m1/s1. The SMILES string of the molecule is Cc1ccc2nc(C(=O)N3CCC[C@@H]3c3cccnc3)cn2c1. The molecule has 4 heterocycles. The van der Waals surface area contributed by atoms with Gasteiger partial charge in [-0.3, -0.25) is 9.78 Å². The fraction of sp³-hybridized carbons (Fsp3) is 0.278. The minimum atomic E-state index is -0.00212. The van der Waals surface area contributed by atoms with Gasteiger partial charge >= 0.3 is 0 Å². The molecule has 3 aromatic heterocycles. The second kappa shape index (κ2) is 5.50. The average Bonchev–Trinajstić information content (AvgIpc) is 3.21. The second-order valence-corrected chi connectivity index (χ2v) is 6.04. The van der Waals surface area contributed by atoms with Crippen molar-refractivity contribution in [3.05, 3.63) is 65.9 Å². The molecule has 0 N–H and O–H groups in total. The lowest BCUT2D eigenvalue weighted by Gasteiger charge is -2.23. The summed E-state index contributed by atoms with van der Waals surface area (Å²) in [4.78, 5) is 23.5. The molecule has 1 aliphatic rings. The Bertz CT molecular complexity index is 856. The van der Waals surface area contributed by atoms with Crippen LogP contribution in [0.5, 0.6) is 0 Å². The number of likely N-dealkylation sites (tertiary alicyclic amines) is 1. The lowest BCUT2D eigenvalue weighted by Crippen LogP contribution is -2.30. The molecule has 0 aromatic carbocycles. The fourth-order valence-electron chi connectivity index (χ4n) is 3.28. The lowest BCUT2D eigenvalue weighted by molar-refractivity contribution is 0.0730. The van der Waals surface area contributed by atoms with E-state index in [1.807, 2.05) is 59.1 Å². The van der Waals surface area contributed by atoms with E-state index in [-0.39, 0.29) is 11.9 Å². The molecule has 1 aliphatic heterocycles. The molecular weight excluding hydrogens is 288 g/mol. The summed E-state index contributed by atoms with van der Waals surface area (Å²) in [6.45, 7) is 2.80. The first-order valence-corrected chi connectivity index (χ1v) is 7.88. The van der Waals surface area contributed by atoms with Crippen molar-refractivity contribution in [2.75, 3.05) is 6.54 Å². The number of pyridine rings is 2. The third-order valence-electron chi connectivity index (χ3n) is 4.40. The van der Waals surface area contributed by atoms with Gasteiger partial charge in [-0.1, -0.05) is 12.1 Å². The van der Waals surface area contributed by atoms with Crippen LogP contribution >= 0.6 is 0 Å². The lowest BCUT2D eigenvalue weighted by atomic mass is 10.1. The number of carbonyl (C=O) groups excluding carboxylic acids is 1. The molecule has 0 spiro atoms. The Hall–Kier alpha value is -2.69. The Kier molecular flexibility index (Phi) is 3.33. The number of amides is 1. The van der Waals surface area contributed by atoms with E-state index in [0.29, 0.717) is 5.69 Å². The number of rotatable bonds is 2. The number of imidazole rings is 1. The van der Waals surface area contributed by atoms with E-state index in [9.17, 15) is 4.79 Å². The van der Waals surface area contributed by atoms with E-state index in [1.165, 1.54) is 0 Å². The molecular formula is C18H18N4O. The molecule has 5 nitrogen and oxygen atoms in total. The fourth-order valence-corrected chi connectivity index (χ4v) is 3.28. The zero-order chi connectivity index (χ0) is 15.8. The van der Waals surface area contributed by atoms with Crippen molar-refractivity contribution in [3.8, 4) is 0 Å². The summed E-state index contributed by atoms with van der Waals surface area (Å²) < 4.78 is 1.91. The van der Waals surface area contributed by atoms with Crippen LogP contribution in [0, 0.1) is 6.92 Å². The van der Waals surface area contributed by atoms with E-state index in [4.69, 9.17) is 0 Å². The highest BCUT2D eigenvalue weighted by atomic mass is 16.2. The number of fused-ring (bicyclic) bond motifs is 1. The van der Waals surface area contributed by atoms with Gasteiger partial charge in [-0.25, -0.2) is 4.98 Å². The van der Waals surface area contributed by atoms with Gasteiger partial charge < -0.3 is 9.30 Å². The molecule has 0 saturated carbocycles. The van der Waals surface area contributed by atoms with Crippen molar-refractivity contribution in [2.45, 2.75) is 25.8 Å². The first kappa shape index (κ1) is 13.9. The molecule has 3 aromatic rings. The van der Waals surface area contributed by atoms with Crippen LogP contribution in [0.25, 0.3) is 5.65 Å². The number of aryl methyl sites for hydroxylation is 1. The molecule has 1 amide bonds. The summed E-state index contributed by atoms with van der Waals surface area (Å²) in [6.07, 6.45) is 9.41. The Balaban J connectivity index is 1.66. The van der Waals surface area contributed by atoms with Gasteiger partial charge in [-0.05, 0) is 43.0 Å². The number of nitrogens with zero attached hydrogens (tertiary/aromatic N) is 4. The number of hydrogen-bond donors (Lipinski definition) is 0. The van der Waals surface area contributed by atoms with E-state index in [0.717, 1.165) is 36.2 Å². The summed E-state index contributed by atoms with van der Waals surface area (Å²) in [5.41, 5.74) is 3.55. The van der Waals surface area contributed by atoms with Gasteiger partial charge in [0, 0.05) is 31.3 Å². The highest BCUT2D eigenvalue weighted by molar-refractivity contribution is 5.93. The predicted molar refractivity (Wildman–Crippen MR) is 87.2 cm³/mol. The van der Waals surface area contributed by atoms with Crippen molar-refractivity contribution in [2.24, 2.45) is 0 Å². The highest BCUT2D eigenvalue weighted by Gasteiger charge is 2.31. The van der Waals surface area contributed by atoms with Crippen molar-refractivity contribution >= 4 is 11.6 Å². The molecule has 0 unspecified atom stereocenters. The van der Waals surface area contributed by atoms with Crippen LogP contribution in [0.1, 0.15) is 40.5 Å². The van der Waals surface area contributed by atoms with Gasteiger partial charge in [-0.2, -0.15) is 0 Å². The van der Waals surface area contributed by atoms with E-state index in [2.05, 4.69) is 9.97 Å². The van der Waals surface area contributed by atoms with Gasteiger partial charge in [-0.15, -0.1) is 0 Å². The topological polar surface area (TPSA) is 50.5 Å². The van der Waals surface area contributed by atoms with Crippen LogP contribution in [-0.2, 0) is 0 Å². The zero-order valence-electron chi connectivity index (χ0n) is 13.0. The molecule has 1 fully saturated rings. The van der Waals surface area contributed by atoms with Gasteiger partial charge in [0.2, 0.25) is 0 Å². The number of aromatic nitrogens is 3. The quantitative estimate of drug-likeness (QED) is 0.731. The maximum Gasteiger partial charge on any atom is 0.274 e. The van der Waals surface area contributed by atoms with Crippen LogP contribution in [0.15, 0.2) is 49.1 Å². The van der Waals surface area contributed by atoms with Crippen molar-refractivity contribution in [3.63, 3.8) is 0 Å². The molecule has 1 saturated heterocycles. The third kappa shape index (κ3) is 2.48. The summed E-state index contributed by atoms with van der Waals surface area (Å²) in [5.74, 6) is -0.00212. The van der Waals surface area contributed by atoms with E-state index < -0.39 is 0 Å². The number of hydrogen-bond acceptors (Lipinski definition) is 3. The second-order valence-electron chi connectivity index (χ2n) is 6.04. The molecule has 116 valence electrons. The monoisotopic (exact) mass is 306 g/mol. The molecule has 23 heavy (non-hydrogen) atoms. The van der Waals surface area contributed by atoms with Crippen molar-refractivity contribution in [1.29, 1.82) is 0 Å². The Morgan fingerprint density at radius 1 is 1.26 bits per heavy atom. The van der Waals surface area contributed by atoms with Crippen LogP contribution in [0.2, 0.25) is 0 Å². The highest BCUT2D eigenvalue weighted by Crippen LogP contribution is 2.32. The first-order chi connectivity index (χ1) is 11.2. The van der Waals surface area contributed by atoms with E-state index in [1.54, 1.807) is 6.20 Å². The molecule has 0 radical (unpaired) electrons. The Labute approximate surface area is 134 Å². The maximum atomic E-state index is 12.9. The molecule has 4 rings (SSSR count). The minimum absolute atomic E-state index is 0.00212. The summed E-state index contributed by atoms with van der Waals surface area (Å²) in [7, 11) is 0. The summed E-state index contributed by atoms with van der Waals surface area (Å²) in [5, 5.41) is 0. The average molecular weight is 306 g/mol. The predicted octanol–water partition coefficient (Wildman–Crippen LogP) is 3.02. The van der Waals surface area contributed by atoms with Crippen LogP contribution in [-0.4, -0.2) is 31.7 Å². The van der Waals surface area contributed by atoms with Gasteiger partial charge in [0.05, 0.1) is 6.04 Å². The summed E-state index contributed by atoms with van der Waals surface area (Å²) >= 11 is 0. The third-order valence-corrected chi connectivity index (χ3v) is 4.40. The van der Waals surface area contributed by atoms with Gasteiger partial charge in [0.15, 0.2) is 0 Å². The largest absolute Gasteiger partial charge is 0.330 e. The molecule has 5 heteroatoms. The smallest absolute Gasteiger partial charge is 0.274 e. The van der Waals surface area contributed by atoms with Crippen molar-refractivity contribution < 1.29 is 4.79 Å². The van der Waals surface area contributed by atoms with Crippen LogP contribution in [0.4, 0.5) is 0 Å². The Morgan fingerprint density at radius 2 is 2.17 bits per heavy atom. The van der Waals surface area contributed by atoms with Gasteiger partial charge in [0.25, 0.3) is 5.91 Å². The molecule has 0 aliphatic carbocycles. The number of carbonyl (C=O) groups is 1. The van der Waals surface area contributed by atoms with Crippen LogP contribution < -0.4 is 0 Å². The van der Waals surface area contributed by atoms with Gasteiger partial charge in [0.1, 0.15) is 11.3 Å². The van der Waals surface area contributed by atoms with Crippen LogP contribution in [0.3, 0.4) is 0 Å². The first-order valence-electron chi connectivity index (χ1n) is 7.88. The maximum absolute atomic E-state index is 12.9. The molecule has 1 atom stereocenters. The van der Waals surface area contributed by atoms with E-state index >= 15 is 0 Å².